The molecule has 1 saturated heterocycles. The van der Waals surface area contributed by atoms with Gasteiger partial charge in [0.05, 0.1) is 0 Å². The van der Waals surface area contributed by atoms with Gasteiger partial charge in [0.15, 0.2) is 0 Å². The molecule has 0 aromatic rings. The van der Waals surface area contributed by atoms with Crippen LogP contribution in [0.25, 0.3) is 0 Å². The average molecular weight is 197 g/mol. The molecule has 1 rings (SSSR count). The molecule has 83 valence electrons. The van der Waals surface area contributed by atoms with Crippen LogP contribution in [0.5, 0.6) is 0 Å². The molecule has 1 radical (unpaired) electrons. The molecule has 0 aromatic heterocycles. The summed E-state index contributed by atoms with van der Waals surface area (Å²) in [5.74, 6) is 0. The number of nitrogens with one attached hydrogen (secondary N) is 1. The third-order valence-corrected chi connectivity index (χ3v) is 2.84. The number of hydrogen-bond donors (Lipinski definition) is 1. The minimum absolute atomic E-state index is 1.10. The van der Waals surface area contributed by atoms with Crippen LogP contribution in [0.2, 0.25) is 0 Å². The molecule has 1 heterocycles. The summed E-state index contributed by atoms with van der Waals surface area (Å²) in [6.45, 7) is 4.64. The van der Waals surface area contributed by atoms with Crippen LogP contribution in [0.4, 0.5) is 0 Å². The quantitative estimate of drug-likeness (QED) is 0.633. The van der Waals surface area contributed by atoms with Crippen molar-refractivity contribution in [3.8, 4) is 0 Å². The van der Waals surface area contributed by atoms with Crippen LogP contribution in [0.1, 0.15) is 51.4 Å². The van der Waals surface area contributed by atoms with E-state index in [-0.39, 0.29) is 0 Å². The summed E-state index contributed by atoms with van der Waals surface area (Å²) in [6.07, 6.45) is 10.8. The van der Waals surface area contributed by atoms with Gasteiger partial charge >= 0.3 is 0 Å². The Balaban J connectivity index is 2.00. The minimum Gasteiger partial charge on any atom is -0.317 e. The maximum atomic E-state index is 4.54. The van der Waals surface area contributed by atoms with Crippen molar-refractivity contribution < 1.29 is 0 Å². The summed E-state index contributed by atoms with van der Waals surface area (Å²) in [5, 5.41) is 8.05. The fraction of sp³-hybridized carbons (Fsp3) is 1.00. The van der Waals surface area contributed by atoms with Crippen LogP contribution in [0, 0.1) is 0 Å². The van der Waals surface area contributed by atoms with E-state index in [2.05, 4.69) is 10.6 Å². The van der Waals surface area contributed by atoms with E-state index in [4.69, 9.17) is 0 Å². The van der Waals surface area contributed by atoms with Crippen LogP contribution >= 0.6 is 0 Å². The molecular formula is C12H25N2. The Labute approximate surface area is 88.8 Å². The Kier molecular flexibility index (Phi) is 8.12. The summed E-state index contributed by atoms with van der Waals surface area (Å²) in [4.78, 5) is 0. The first-order valence-corrected chi connectivity index (χ1v) is 6.34. The van der Waals surface area contributed by atoms with Crippen molar-refractivity contribution in [3.63, 3.8) is 0 Å². The highest BCUT2D eigenvalue weighted by Crippen LogP contribution is 2.03. The SMILES string of the molecule is C1CCC[N]CCCCCNCCC1. The number of hydrogen-bond acceptors (Lipinski definition) is 1. The molecule has 0 aliphatic carbocycles. The smallest absolute Gasteiger partial charge is 0.0133 e. The van der Waals surface area contributed by atoms with E-state index in [0.29, 0.717) is 0 Å². The van der Waals surface area contributed by atoms with E-state index in [9.17, 15) is 0 Å². The van der Waals surface area contributed by atoms with Gasteiger partial charge in [0.25, 0.3) is 0 Å². The lowest BCUT2D eigenvalue weighted by molar-refractivity contribution is 0.514. The molecule has 1 aliphatic heterocycles. The second-order valence-corrected chi connectivity index (χ2v) is 4.25. The normalized spacial score (nSPS) is 24.0. The Morgan fingerprint density at radius 1 is 0.571 bits per heavy atom. The van der Waals surface area contributed by atoms with Gasteiger partial charge < -0.3 is 5.32 Å². The molecule has 1 aliphatic rings. The van der Waals surface area contributed by atoms with Crippen molar-refractivity contribution >= 4 is 0 Å². The van der Waals surface area contributed by atoms with Gasteiger partial charge in [-0.2, -0.15) is 0 Å². The Morgan fingerprint density at radius 2 is 1.07 bits per heavy atom. The second kappa shape index (κ2) is 9.47. The van der Waals surface area contributed by atoms with Crippen LogP contribution in [-0.4, -0.2) is 26.2 Å². The van der Waals surface area contributed by atoms with E-state index in [0.717, 1.165) is 13.1 Å². The van der Waals surface area contributed by atoms with E-state index in [1.807, 2.05) is 0 Å². The molecule has 0 spiro atoms. The van der Waals surface area contributed by atoms with Crippen molar-refractivity contribution in [1.29, 1.82) is 0 Å². The van der Waals surface area contributed by atoms with E-state index in [1.165, 1.54) is 64.5 Å². The van der Waals surface area contributed by atoms with Crippen LogP contribution in [-0.2, 0) is 0 Å². The lowest BCUT2D eigenvalue weighted by Gasteiger charge is -2.07. The molecule has 0 bridgehead atoms. The highest BCUT2D eigenvalue weighted by Gasteiger charge is 1.95. The van der Waals surface area contributed by atoms with Crippen molar-refractivity contribution in [2.24, 2.45) is 0 Å². The maximum absolute atomic E-state index is 4.54. The van der Waals surface area contributed by atoms with Gasteiger partial charge in [0.1, 0.15) is 0 Å². The Bertz CT molecular complexity index is 61.6. The lowest BCUT2D eigenvalue weighted by atomic mass is 10.1. The average Bonchev–Trinajstić information content (AvgIpc) is 2.22. The fourth-order valence-corrected chi connectivity index (χ4v) is 1.89. The lowest BCUT2D eigenvalue weighted by Crippen LogP contribution is -2.17. The summed E-state index contributed by atoms with van der Waals surface area (Å²) in [6, 6.07) is 0. The van der Waals surface area contributed by atoms with Gasteiger partial charge in [0.2, 0.25) is 0 Å². The van der Waals surface area contributed by atoms with Crippen molar-refractivity contribution in [2.75, 3.05) is 26.2 Å². The molecule has 1 fully saturated rings. The summed E-state index contributed by atoms with van der Waals surface area (Å²) < 4.78 is 0. The molecule has 14 heavy (non-hydrogen) atoms. The van der Waals surface area contributed by atoms with Gasteiger partial charge in [-0.25, -0.2) is 5.32 Å². The summed E-state index contributed by atoms with van der Waals surface area (Å²) in [7, 11) is 0. The molecule has 1 N–H and O–H groups in total. The summed E-state index contributed by atoms with van der Waals surface area (Å²) >= 11 is 0. The summed E-state index contributed by atoms with van der Waals surface area (Å²) in [5.41, 5.74) is 0. The molecule has 0 atom stereocenters. The zero-order chi connectivity index (χ0) is 9.90. The van der Waals surface area contributed by atoms with Gasteiger partial charge in [-0.3, -0.25) is 0 Å². The largest absolute Gasteiger partial charge is 0.317 e. The first-order valence-electron chi connectivity index (χ1n) is 6.34. The predicted octanol–water partition coefficient (Wildman–Crippen LogP) is 2.31. The number of rotatable bonds is 0. The Morgan fingerprint density at radius 3 is 1.79 bits per heavy atom. The maximum Gasteiger partial charge on any atom is 0.0133 e. The molecule has 0 unspecified atom stereocenters. The van der Waals surface area contributed by atoms with Gasteiger partial charge in [-0.1, -0.05) is 25.7 Å². The van der Waals surface area contributed by atoms with Crippen molar-refractivity contribution in [3.05, 3.63) is 0 Å². The predicted molar refractivity (Wildman–Crippen MR) is 61.7 cm³/mol. The monoisotopic (exact) mass is 197 g/mol. The number of nitrogens with zero attached hydrogens (tertiary/aromatic N) is 1. The molecule has 2 heteroatoms. The molecular weight excluding hydrogens is 172 g/mol. The Hall–Kier alpha value is -0.0800. The van der Waals surface area contributed by atoms with Crippen LogP contribution < -0.4 is 10.6 Å². The highest BCUT2D eigenvalue weighted by atomic mass is 14.9. The van der Waals surface area contributed by atoms with Crippen LogP contribution in [0.3, 0.4) is 0 Å². The third kappa shape index (κ3) is 7.34. The van der Waals surface area contributed by atoms with Gasteiger partial charge in [-0.05, 0) is 38.8 Å². The van der Waals surface area contributed by atoms with E-state index < -0.39 is 0 Å². The minimum atomic E-state index is 1.10. The first-order chi connectivity index (χ1) is 7.00. The fourth-order valence-electron chi connectivity index (χ4n) is 1.89. The topological polar surface area (TPSA) is 26.1 Å². The zero-order valence-electron chi connectivity index (χ0n) is 9.43. The van der Waals surface area contributed by atoms with Gasteiger partial charge in [0, 0.05) is 13.1 Å². The molecule has 0 saturated carbocycles. The molecule has 2 nitrogen and oxygen atoms in total. The van der Waals surface area contributed by atoms with E-state index in [1.54, 1.807) is 0 Å². The van der Waals surface area contributed by atoms with Crippen molar-refractivity contribution in [2.45, 2.75) is 51.4 Å². The van der Waals surface area contributed by atoms with Crippen LogP contribution in [0.15, 0.2) is 0 Å². The van der Waals surface area contributed by atoms with Crippen molar-refractivity contribution in [1.82, 2.24) is 10.6 Å². The molecule has 0 amide bonds. The zero-order valence-corrected chi connectivity index (χ0v) is 9.43. The first kappa shape index (κ1) is 12.0. The second-order valence-electron chi connectivity index (χ2n) is 4.25. The highest BCUT2D eigenvalue weighted by molar-refractivity contribution is 4.55. The third-order valence-electron chi connectivity index (χ3n) is 2.84. The van der Waals surface area contributed by atoms with E-state index >= 15 is 0 Å². The van der Waals surface area contributed by atoms with Gasteiger partial charge in [-0.15, -0.1) is 0 Å². The molecule has 0 aromatic carbocycles. The standard InChI is InChI=1S/C12H25N2/c1-2-5-9-13-11-7-4-8-12-14-10-6-3-1/h13H,1-12H2.